The second kappa shape index (κ2) is 7.17. The number of benzene rings is 1. The van der Waals surface area contributed by atoms with E-state index in [4.69, 9.17) is 5.21 Å². The summed E-state index contributed by atoms with van der Waals surface area (Å²) in [5.41, 5.74) is 3.62. The first-order chi connectivity index (χ1) is 10.4. The van der Waals surface area contributed by atoms with Gasteiger partial charge in [-0.05, 0) is 30.0 Å². The molecule has 5 nitrogen and oxygen atoms in total. The van der Waals surface area contributed by atoms with Gasteiger partial charge in [0.1, 0.15) is 0 Å². The standard InChI is InChI=1S/C16H22N2O3S/c1-12(2)7-15(18-19)11-22(20,21)10-13-8-14-5-3-4-6-16(14)17-9-13/h3-6,8-9,12,15,18-19H,7,10-11H2,1-2H3. The predicted molar refractivity (Wildman–Crippen MR) is 87.4 cm³/mol. The predicted octanol–water partition coefficient (Wildman–Crippen LogP) is 2.54. The van der Waals surface area contributed by atoms with Crippen LogP contribution in [0.25, 0.3) is 10.9 Å². The van der Waals surface area contributed by atoms with Crippen LogP contribution < -0.4 is 5.48 Å². The Balaban J connectivity index is 2.12. The Hall–Kier alpha value is -1.50. The van der Waals surface area contributed by atoms with E-state index < -0.39 is 15.9 Å². The number of fused-ring (bicyclic) bond motifs is 1. The summed E-state index contributed by atoms with van der Waals surface area (Å²) in [6, 6.07) is 9.01. The van der Waals surface area contributed by atoms with Gasteiger partial charge in [-0.1, -0.05) is 32.0 Å². The normalized spacial score (nSPS) is 13.6. The van der Waals surface area contributed by atoms with Crippen molar-refractivity contribution < 1.29 is 13.6 Å². The number of hydrogen-bond donors (Lipinski definition) is 2. The molecule has 22 heavy (non-hydrogen) atoms. The molecule has 1 heterocycles. The van der Waals surface area contributed by atoms with E-state index in [1.54, 1.807) is 6.20 Å². The minimum atomic E-state index is -3.32. The van der Waals surface area contributed by atoms with E-state index in [0.717, 1.165) is 10.9 Å². The highest BCUT2D eigenvalue weighted by atomic mass is 32.2. The van der Waals surface area contributed by atoms with E-state index in [1.165, 1.54) is 0 Å². The SMILES string of the molecule is CC(C)CC(CS(=O)(=O)Cc1cnc2ccccc2c1)NO. The molecular weight excluding hydrogens is 300 g/mol. The van der Waals surface area contributed by atoms with Gasteiger partial charge in [-0.3, -0.25) is 4.98 Å². The number of nitrogens with one attached hydrogen (secondary N) is 1. The van der Waals surface area contributed by atoms with Crippen molar-refractivity contribution >= 4 is 20.7 Å². The van der Waals surface area contributed by atoms with E-state index >= 15 is 0 Å². The number of rotatable bonds is 7. The molecule has 0 aliphatic heterocycles. The van der Waals surface area contributed by atoms with Crippen molar-refractivity contribution in [2.24, 2.45) is 5.92 Å². The van der Waals surface area contributed by atoms with Crippen LogP contribution in [-0.2, 0) is 15.6 Å². The Morgan fingerprint density at radius 3 is 2.68 bits per heavy atom. The maximum atomic E-state index is 12.3. The Bertz CT molecular complexity index is 729. The maximum absolute atomic E-state index is 12.3. The Morgan fingerprint density at radius 1 is 1.27 bits per heavy atom. The third kappa shape index (κ3) is 4.76. The number of para-hydroxylation sites is 1. The smallest absolute Gasteiger partial charge is 0.156 e. The zero-order valence-electron chi connectivity index (χ0n) is 12.9. The lowest BCUT2D eigenvalue weighted by Gasteiger charge is -2.17. The number of hydroxylamine groups is 1. The maximum Gasteiger partial charge on any atom is 0.156 e. The summed E-state index contributed by atoms with van der Waals surface area (Å²) in [5.74, 6) is 0.150. The molecule has 0 aliphatic rings. The van der Waals surface area contributed by atoms with Crippen LogP contribution in [0.3, 0.4) is 0 Å². The molecular formula is C16H22N2O3S. The molecule has 0 spiro atoms. The zero-order valence-corrected chi connectivity index (χ0v) is 13.7. The fourth-order valence-electron chi connectivity index (χ4n) is 2.54. The lowest BCUT2D eigenvalue weighted by molar-refractivity contribution is 0.124. The molecule has 0 amide bonds. The van der Waals surface area contributed by atoms with Crippen LogP contribution >= 0.6 is 0 Å². The molecule has 1 aromatic heterocycles. The van der Waals surface area contributed by atoms with Gasteiger partial charge in [0.05, 0.1) is 17.0 Å². The summed E-state index contributed by atoms with van der Waals surface area (Å²) in [6.45, 7) is 3.98. The molecule has 0 radical (unpaired) electrons. The number of pyridine rings is 1. The average molecular weight is 322 g/mol. The number of hydrogen-bond acceptors (Lipinski definition) is 5. The monoisotopic (exact) mass is 322 g/mol. The number of aromatic nitrogens is 1. The topological polar surface area (TPSA) is 79.3 Å². The number of nitrogens with zero attached hydrogens (tertiary/aromatic N) is 1. The summed E-state index contributed by atoms with van der Waals surface area (Å²) in [5, 5.41) is 10.0. The summed E-state index contributed by atoms with van der Waals surface area (Å²) in [4.78, 5) is 4.28. The highest BCUT2D eigenvalue weighted by molar-refractivity contribution is 7.90. The quantitative estimate of drug-likeness (QED) is 0.766. The highest BCUT2D eigenvalue weighted by Crippen LogP contribution is 2.16. The molecule has 2 N–H and O–H groups in total. The van der Waals surface area contributed by atoms with Gasteiger partial charge in [0.15, 0.2) is 9.84 Å². The van der Waals surface area contributed by atoms with Gasteiger partial charge in [-0.25, -0.2) is 13.9 Å². The second-order valence-corrected chi connectivity index (χ2v) is 8.16. The van der Waals surface area contributed by atoms with Crippen LogP contribution in [0.4, 0.5) is 0 Å². The van der Waals surface area contributed by atoms with E-state index in [2.05, 4.69) is 10.5 Å². The molecule has 0 fully saturated rings. The van der Waals surface area contributed by atoms with Gasteiger partial charge in [-0.15, -0.1) is 0 Å². The third-order valence-electron chi connectivity index (χ3n) is 3.43. The van der Waals surface area contributed by atoms with Gasteiger partial charge < -0.3 is 5.21 Å². The van der Waals surface area contributed by atoms with Gasteiger partial charge in [0.2, 0.25) is 0 Å². The first kappa shape index (κ1) is 16.9. The van der Waals surface area contributed by atoms with Crippen LogP contribution in [0.2, 0.25) is 0 Å². The second-order valence-electron chi connectivity index (χ2n) is 6.05. The van der Waals surface area contributed by atoms with Crippen molar-refractivity contribution in [2.75, 3.05) is 5.75 Å². The first-order valence-electron chi connectivity index (χ1n) is 7.33. The number of sulfone groups is 1. The molecule has 2 aromatic rings. The molecule has 0 aliphatic carbocycles. The largest absolute Gasteiger partial charge is 0.317 e. The molecule has 0 saturated heterocycles. The fraction of sp³-hybridized carbons (Fsp3) is 0.438. The lowest BCUT2D eigenvalue weighted by Crippen LogP contribution is -2.35. The highest BCUT2D eigenvalue weighted by Gasteiger charge is 2.20. The van der Waals surface area contributed by atoms with Crippen molar-refractivity contribution in [3.8, 4) is 0 Å². The fourth-order valence-corrected chi connectivity index (χ4v) is 4.15. The molecule has 0 saturated carbocycles. The van der Waals surface area contributed by atoms with Crippen molar-refractivity contribution in [1.82, 2.24) is 10.5 Å². The third-order valence-corrected chi connectivity index (χ3v) is 5.11. The zero-order chi connectivity index (χ0) is 16.2. The molecule has 1 aromatic carbocycles. The van der Waals surface area contributed by atoms with E-state index in [-0.39, 0.29) is 11.5 Å². The van der Waals surface area contributed by atoms with Crippen LogP contribution in [-0.4, -0.2) is 30.4 Å². The summed E-state index contributed by atoms with van der Waals surface area (Å²) in [7, 11) is -3.32. The first-order valence-corrected chi connectivity index (χ1v) is 9.15. The average Bonchev–Trinajstić information content (AvgIpc) is 2.45. The minimum absolute atomic E-state index is 0.0683. The Kier molecular flexibility index (Phi) is 5.50. The summed E-state index contributed by atoms with van der Waals surface area (Å²) in [6.07, 6.45) is 2.20. The van der Waals surface area contributed by atoms with Gasteiger partial charge >= 0.3 is 0 Å². The van der Waals surface area contributed by atoms with Gasteiger partial charge in [0, 0.05) is 17.6 Å². The van der Waals surface area contributed by atoms with Crippen molar-refractivity contribution in [2.45, 2.75) is 32.1 Å². The Labute approximate surface area is 131 Å². The molecule has 1 atom stereocenters. The Morgan fingerprint density at radius 2 is 2.00 bits per heavy atom. The van der Waals surface area contributed by atoms with Crippen molar-refractivity contribution in [3.63, 3.8) is 0 Å². The van der Waals surface area contributed by atoms with Crippen LogP contribution in [0, 0.1) is 5.92 Å². The molecule has 2 rings (SSSR count). The van der Waals surface area contributed by atoms with Crippen LogP contribution in [0.1, 0.15) is 25.8 Å². The lowest BCUT2D eigenvalue weighted by atomic mass is 10.1. The van der Waals surface area contributed by atoms with Crippen LogP contribution in [0.5, 0.6) is 0 Å². The van der Waals surface area contributed by atoms with Crippen LogP contribution in [0.15, 0.2) is 36.5 Å². The molecule has 0 bridgehead atoms. The molecule has 1 unspecified atom stereocenters. The van der Waals surface area contributed by atoms with Crippen molar-refractivity contribution in [3.05, 3.63) is 42.1 Å². The summed E-state index contributed by atoms with van der Waals surface area (Å²) < 4.78 is 24.6. The van der Waals surface area contributed by atoms with E-state index in [9.17, 15) is 8.42 Å². The van der Waals surface area contributed by atoms with E-state index in [0.29, 0.717) is 17.9 Å². The van der Waals surface area contributed by atoms with Crippen molar-refractivity contribution in [1.29, 1.82) is 0 Å². The minimum Gasteiger partial charge on any atom is -0.317 e. The van der Waals surface area contributed by atoms with Gasteiger partial charge in [0.25, 0.3) is 0 Å². The molecule has 120 valence electrons. The summed E-state index contributed by atoms with van der Waals surface area (Å²) >= 11 is 0. The van der Waals surface area contributed by atoms with Gasteiger partial charge in [-0.2, -0.15) is 0 Å². The van der Waals surface area contributed by atoms with E-state index in [1.807, 2.05) is 44.2 Å². The molecule has 6 heteroatoms.